The van der Waals surface area contributed by atoms with Gasteiger partial charge in [-0.15, -0.1) is 0 Å². The fraction of sp³-hybridized carbons (Fsp3) is 0.188. The first-order valence-electron chi connectivity index (χ1n) is 6.86. The molecule has 2 heterocycles. The predicted molar refractivity (Wildman–Crippen MR) is 81.8 cm³/mol. The molecule has 0 aliphatic rings. The second-order valence-electron chi connectivity index (χ2n) is 5.11. The molecular formula is C16H15N3O3. The van der Waals surface area contributed by atoms with Crippen molar-refractivity contribution in [2.45, 2.75) is 20.4 Å². The van der Waals surface area contributed by atoms with Gasteiger partial charge >= 0.3 is 0 Å². The van der Waals surface area contributed by atoms with E-state index in [1.807, 2.05) is 24.3 Å². The highest BCUT2D eigenvalue weighted by Gasteiger charge is 2.14. The second-order valence-corrected chi connectivity index (χ2v) is 5.11. The molecule has 0 bridgehead atoms. The van der Waals surface area contributed by atoms with Crippen LogP contribution in [0.1, 0.15) is 23.0 Å². The summed E-state index contributed by atoms with van der Waals surface area (Å²) in [6.07, 6.45) is 1.71. The number of hydrogen-bond donors (Lipinski definition) is 1. The third-order valence-corrected chi connectivity index (χ3v) is 3.38. The molecule has 0 fully saturated rings. The first-order valence-corrected chi connectivity index (χ1v) is 6.86. The van der Waals surface area contributed by atoms with E-state index in [-0.39, 0.29) is 18.2 Å². The molecule has 3 rings (SSSR count). The summed E-state index contributed by atoms with van der Waals surface area (Å²) in [7, 11) is 0. The standard InChI is InChI=1S/C16H15N3O3/c1-10-7-15(18-22-10)17-16(21)9-19-8-13(11(2)20)12-5-3-4-6-14(12)19/h3-8H,9H2,1-2H3,(H,17,18,21). The summed E-state index contributed by atoms with van der Waals surface area (Å²) < 4.78 is 6.66. The maximum Gasteiger partial charge on any atom is 0.245 e. The molecular weight excluding hydrogens is 282 g/mol. The van der Waals surface area contributed by atoms with Crippen molar-refractivity contribution in [3.05, 3.63) is 47.9 Å². The summed E-state index contributed by atoms with van der Waals surface area (Å²) in [4.78, 5) is 23.8. The number of nitrogens with one attached hydrogen (secondary N) is 1. The molecule has 2 aromatic heterocycles. The van der Waals surface area contributed by atoms with E-state index in [9.17, 15) is 9.59 Å². The lowest BCUT2D eigenvalue weighted by Crippen LogP contribution is -2.18. The molecule has 0 spiro atoms. The molecule has 1 N–H and O–H groups in total. The van der Waals surface area contributed by atoms with Crippen molar-refractivity contribution < 1.29 is 14.1 Å². The second kappa shape index (κ2) is 5.48. The van der Waals surface area contributed by atoms with Gasteiger partial charge in [0.1, 0.15) is 12.3 Å². The van der Waals surface area contributed by atoms with Gasteiger partial charge in [0.05, 0.1) is 0 Å². The van der Waals surface area contributed by atoms with E-state index >= 15 is 0 Å². The van der Waals surface area contributed by atoms with Gasteiger partial charge in [-0.1, -0.05) is 23.4 Å². The Balaban J connectivity index is 1.87. The number of anilines is 1. The average Bonchev–Trinajstić information content (AvgIpc) is 3.03. The van der Waals surface area contributed by atoms with Gasteiger partial charge in [-0.05, 0) is 19.9 Å². The summed E-state index contributed by atoms with van der Waals surface area (Å²) in [6.45, 7) is 3.37. The number of fused-ring (bicyclic) bond motifs is 1. The molecule has 0 saturated heterocycles. The van der Waals surface area contributed by atoms with Crippen LogP contribution in [0, 0.1) is 6.92 Å². The monoisotopic (exact) mass is 297 g/mol. The lowest BCUT2D eigenvalue weighted by atomic mass is 10.1. The molecule has 22 heavy (non-hydrogen) atoms. The van der Waals surface area contributed by atoms with Crippen LogP contribution < -0.4 is 5.32 Å². The zero-order valence-electron chi connectivity index (χ0n) is 12.3. The van der Waals surface area contributed by atoms with Crippen LogP contribution in [-0.2, 0) is 11.3 Å². The van der Waals surface area contributed by atoms with Crippen molar-refractivity contribution >= 4 is 28.4 Å². The number of aryl methyl sites for hydroxylation is 1. The van der Waals surface area contributed by atoms with Crippen molar-refractivity contribution in [3.8, 4) is 0 Å². The largest absolute Gasteiger partial charge is 0.360 e. The minimum atomic E-state index is -0.232. The molecule has 0 aliphatic heterocycles. The Bertz CT molecular complexity index is 861. The van der Waals surface area contributed by atoms with E-state index in [0.717, 1.165) is 10.9 Å². The topological polar surface area (TPSA) is 77.1 Å². The molecule has 0 radical (unpaired) electrons. The van der Waals surface area contributed by atoms with Crippen LogP contribution in [0.5, 0.6) is 0 Å². The molecule has 1 amide bonds. The number of rotatable bonds is 4. The van der Waals surface area contributed by atoms with Crippen LogP contribution in [0.15, 0.2) is 41.1 Å². The van der Waals surface area contributed by atoms with Crippen LogP contribution in [0.25, 0.3) is 10.9 Å². The molecule has 0 saturated carbocycles. The molecule has 6 nitrogen and oxygen atoms in total. The number of carbonyl (C=O) groups is 2. The van der Waals surface area contributed by atoms with Crippen LogP contribution >= 0.6 is 0 Å². The number of nitrogens with zero attached hydrogens (tertiary/aromatic N) is 2. The summed E-state index contributed by atoms with van der Waals surface area (Å²) in [6, 6.07) is 9.16. The maximum absolute atomic E-state index is 12.1. The number of aromatic nitrogens is 2. The number of benzene rings is 1. The van der Waals surface area contributed by atoms with Gasteiger partial charge in [0.2, 0.25) is 5.91 Å². The van der Waals surface area contributed by atoms with Gasteiger partial charge < -0.3 is 14.4 Å². The SMILES string of the molecule is CC(=O)c1cn(CC(=O)Nc2cc(C)on2)c2ccccc12. The first kappa shape index (κ1) is 14.1. The van der Waals surface area contributed by atoms with Crippen LogP contribution in [0.3, 0.4) is 0 Å². The summed E-state index contributed by atoms with van der Waals surface area (Å²) >= 11 is 0. The van der Waals surface area contributed by atoms with Gasteiger partial charge in [0, 0.05) is 28.7 Å². The van der Waals surface area contributed by atoms with Gasteiger partial charge in [-0.3, -0.25) is 9.59 Å². The van der Waals surface area contributed by atoms with E-state index in [4.69, 9.17) is 4.52 Å². The molecule has 112 valence electrons. The molecule has 3 aromatic rings. The van der Waals surface area contributed by atoms with Crippen molar-refractivity contribution in [3.63, 3.8) is 0 Å². The Morgan fingerprint density at radius 2 is 2.09 bits per heavy atom. The lowest BCUT2D eigenvalue weighted by Gasteiger charge is -2.04. The molecule has 1 aromatic carbocycles. The van der Waals surface area contributed by atoms with Crippen molar-refractivity contribution in [2.75, 3.05) is 5.32 Å². The lowest BCUT2D eigenvalue weighted by molar-refractivity contribution is -0.116. The molecule has 0 atom stereocenters. The number of amides is 1. The number of ketones is 1. The number of carbonyl (C=O) groups excluding carboxylic acids is 2. The number of hydrogen-bond acceptors (Lipinski definition) is 4. The first-order chi connectivity index (χ1) is 10.5. The maximum atomic E-state index is 12.1. The van der Waals surface area contributed by atoms with E-state index in [2.05, 4.69) is 10.5 Å². The van der Waals surface area contributed by atoms with E-state index in [1.165, 1.54) is 6.92 Å². The third-order valence-electron chi connectivity index (χ3n) is 3.38. The van der Waals surface area contributed by atoms with Gasteiger partial charge in [-0.25, -0.2) is 0 Å². The fourth-order valence-corrected chi connectivity index (χ4v) is 2.42. The summed E-state index contributed by atoms with van der Waals surface area (Å²) in [5.74, 6) is 0.748. The van der Waals surface area contributed by atoms with Crippen LogP contribution in [-0.4, -0.2) is 21.4 Å². The highest BCUT2D eigenvalue weighted by Crippen LogP contribution is 2.21. The van der Waals surface area contributed by atoms with Gasteiger partial charge in [-0.2, -0.15) is 0 Å². The van der Waals surface area contributed by atoms with Crippen LogP contribution in [0.4, 0.5) is 5.82 Å². The summed E-state index contributed by atoms with van der Waals surface area (Å²) in [5.41, 5.74) is 1.46. The normalized spacial score (nSPS) is 10.8. The van der Waals surface area contributed by atoms with Gasteiger partial charge in [0.25, 0.3) is 0 Å². The highest BCUT2D eigenvalue weighted by molar-refractivity contribution is 6.07. The Labute approximate surface area is 126 Å². The quantitative estimate of drug-likeness (QED) is 0.751. The van der Waals surface area contributed by atoms with Crippen LogP contribution in [0.2, 0.25) is 0 Å². The van der Waals surface area contributed by atoms with Crippen molar-refractivity contribution in [2.24, 2.45) is 0 Å². The Hall–Kier alpha value is -2.89. The smallest absolute Gasteiger partial charge is 0.245 e. The van der Waals surface area contributed by atoms with E-state index in [0.29, 0.717) is 17.1 Å². The molecule has 6 heteroatoms. The zero-order chi connectivity index (χ0) is 15.7. The predicted octanol–water partition coefficient (Wildman–Crippen LogP) is 2.78. The number of Topliss-reactive ketones (excluding diaryl/α,β-unsaturated/α-hetero) is 1. The minimum absolute atomic E-state index is 0.0255. The third kappa shape index (κ3) is 2.63. The van der Waals surface area contributed by atoms with Crippen molar-refractivity contribution in [1.82, 2.24) is 9.72 Å². The molecule has 0 aliphatic carbocycles. The highest BCUT2D eigenvalue weighted by atomic mass is 16.5. The fourth-order valence-electron chi connectivity index (χ4n) is 2.42. The van der Waals surface area contributed by atoms with E-state index in [1.54, 1.807) is 23.8 Å². The Morgan fingerprint density at radius 3 is 2.77 bits per heavy atom. The zero-order valence-corrected chi connectivity index (χ0v) is 12.3. The Morgan fingerprint density at radius 1 is 1.32 bits per heavy atom. The Kier molecular flexibility index (Phi) is 3.50. The summed E-state index contributed by atoms with van der Waals surface area (Å²) in [5, 5.41) is 7.23. The number of para-hydroxylation sites is 1. The van der Waals surface area contributed by atoms with Gasteiger partial charge in [0.15, 0.2) is 11.6 Å². The van der Waals surface area contributed by atoms with Crippen molar-refractivity contribution in [1.29, 1.82) is 0 Å². The average molecular weight is 297 g/mol. The molecule has 0 unspecified atom stereocenters. The minimum Gasteiger partial charge on any atom is -0.360 e. The van der Waals surface area contributed by atoms with E-state index < -0.39 is 0 Å².